The Kier molecular flexibility index (Phi) is 8.21. The van der Waals surface area contributed by atoms with E-state index in [9.17, 15) is 22.8 Å². The van der Waals surface area contributed by atoms with Crippen molar-refractivity contribution in [3.05, 3.63) is 33.7 Å². The van der Waals surface area contributed by atoms with Gasteiger partial charge in [-0.3, -0.25) is 9.59 Å². The van der Waals surface area contributed by atoms with E-state index in [4.69, 9.17) is 25.8 Å². The van der Waals surface area contributed by atoms with Gasteiger partial charge in [0.1, 0.15) is 18.0 Å². The lowest BCUT2D eigenvalue weighted by molar-refractivity contribution is -0.159. The minimum atomic E-state index is -3.96. The van der Waals surface area contributed by atoms with Gasteiger partial charge in [0.05, 0.1) is 24.0 Å². The van der Waals surface area contributed by atoms with E-state index in [2.05, 4.69) is 0 Å². The lowest BCUT2D eigenvalue weighted by atomic mass is 9.77. The summed E-state index contributed by atoms with van der Waals surface area (Å²) in [5.41, 5.74) is -1.06. The normalized spacial score (nSPS) is 20.0. The Labute approximate surface area is 233 Å². The van der Waals surface area contributed by atoms with Gasteiger partial charge in [0, 0.05) is 43.3 Å². The molecule has 0 N–H and O–H groups in total. The Bertz CT molecular complexity index is 1280. The first-order valence-corrected chi connectivity index (χ1v) is 14.5. The van der Waals surface area contributed by atoms with Crippen molar-refractivity contribution >= 4 is 45.7 Å². The van der Waals surface area contributed by atoms with Gasteiger partial charge >= 0.3 is 12.1 Å². The van der Waals surface area contributed by atoms with Crippen LogP contribution in [0.15, 0.2) is 23.1 Å². The summed E-state index contributed by atoms with van der Waals surface area (Å²) in [7, 11) is -2.66. The van der Waals surface area contributed by atoms with Crippen molar-refractivity contribution in [2.24, 2.45) is 5.41 Å². The minimum absolute atomic E-state index is 0.0547. The Morgan fingerprint density at radius 3 is 2.44 bits per heavy atom. The molecule has 2 amide bonds. The molecule has 39 heavy (non-hydrogen) atoms. The highest BCUT2D eigenvalue weighted by molar-refractivity contribution is 7.93. The summed E-state index contributed by atoms with van der Waals surface area (Å²) >= 11 is 5.99. The predicted octanol–water partition coefficient (Wildman–Crippen LogP) is 2.74. The zero-order chi connectivity index (χ0) is 28.6. The summed E-state index contributed by atoms with van der Waals surface area (Å²) in [5, 5.41) is 0.482. The molecule has 3 aliphatic rings. The van der Waals surface area contributed by atoms with Crippen molar-refractivity contribution in [3.63, 3.8) is 0 Å². The molecule has 0 aliphatic carbocycles. The molecule has 0 radical (unpaired) electrons. The summed E-state index contributed by atoms with van der Waals surface area (Å²) < 4.78 is 43.9. The third-order valence-corrected chi connectivity index (χ3v) is 9.23. The van der Waals surface area contributed by atoms with Gasteiger partial charge in [0.2, 0.25) is 15.9 Å². The second kappa shape index (κ2) is 11.0. The smallest absolute Gasteiger partial charge is 0.410 e. The molecular weight excluding hydrogens is 550 g/mol. The highest BCUT2D eigenvalue weighted by Crippen LogP contribution is 2.36. The van der Waals surface area contributed by atoms with Crippen LogP contribution in [0.3, 0.4) is 0 Å². The number of ether oxygens (including phenoxy) is 3. The fourth-order valence-electron chi connectivity index (χ4n) is 4.94. The van der Waals surface area contributed by atoms with Gasteiger partial charge < -0.3 is 24.0 Å². The quantitative estimate of drug-likeness (QED) is 0.485. The summed E-state index contributed by atoms with van der Waals surface area (Å²) in [5.74, 6) is -0.377. The molecule has 0 saturated carbocycles. The van der Waals surface area contributed by atoms with Crippen molar-refractivity contribution in [3.8, 4) is 5.75 Å². The van der Waals surface area contributed by atoms with Crippen LogP contribution in [-0.4, -0.2) is 99.1 Å². The first kappa shape index (κ1) is 29.2. The van der Waals surface area contributed by atoms with Gasteiger partial charge in [-0.1, -0.05) is 11.6 Å². The number of piperidine rings is 1. The molecule has 214 valence electrons. The predicted molar refractivity (Wildman–Crippen MR) is 143 cm³/mol. The van der Waals surface area contributed by atoms with E-state index >= 15 is 0 Å². The number of piperazine rings is 1. The van der Waals surface area contributed by atoms with E-state index in [1.807, 2.05) is 0 Å². The monoisotopic (exact) mass is 583 g/mol. The first-order chi connectivity index (χ1) is 18.2. The number of halogens is 1. The van der Waals surface area contributed by atoms with Gasteiger partial charge in [-0.15, -0.1) is 0 Å². The number of rotatable bonds is 5. The van der Waals surface area contributed by atoms with Crippen LogP contribution in [0.1, 0.15) is 39.2 Å². The Morgan fingerprint density at radius 2 is 1.82 bits per heavy atom. The number of nitrogens with zero attached hydrogens (tertiary/aromatic N) is 3. The highest BCUT2D eigenvalue weighted by Gasteiger charge is 2.47. The molecule has 2 fully saturated rings. The third-order valence-electron chi connectivity index (χ3n) is 7.10. The van der Waals surface area contributed by atoms with E-state index in [0.29, 0.717) is 29.2 Å². The van der Waals surface area contributed by atoms with E-state index in [1.165, 1.54) is 18.1 Å². The zero-order valence-electron chi connectivity index (χ0n) is 22.6. The molecule has 3 aliphatic heterocycles. The highest BCUT2D eigenvalue weighted by atomic mass is 35.5. The van der Waals surface area contributed by atoms with Gasteiger partial charge in [-0.2, -0.15) is 4.31 Å². The first-order valence-electron chi connectivity index (χ1n) is 12.7. The number of carbonyl (C=O) groups is 3. The molecule has 2 saturated heterocycles. The van der Waals surface area contributed by atoms with Crippen LogP contribution in [-0.2, 0) is 29.1 Å². The summed E-state index contributed by atoms with van der Waals surface area (Å²) in [4.78, 5) is 41.6. The third kappa shape index (κ3) is 6.33. The van der Waals surface area contributed by atoms with Crippen LogP contribution in [0.5, 0.6) is 5.75 Å². The van der Waals surface area contributed by atoms with E-state index in [1.54, 1.807) is 43.9 Å². The van der Waals surface area contributed by atoms with Crippen molar-refractivity contribution in [1.29, 1.82) is 0 Å². The van der Waals surface area contributed by atoms with Crippen LogP contribution in [0.25, 0.3) is 6.08 Å². The van der Waals surface area contributed by atoms with Gasteiger partial charge in [-0.05, 0) is 57.9 Å². The molecule has 0 bridgehead atoms. The number of methoxy groups -OCH3 is 1. The van der Waals surface area contributed by atoms with Crippen LogP contribution in [0.4, 0.5) is 4.79 Å². The minimum Gasteiger partial charge on any atom is -0.487 e. The Hall–Kier alpha value is -2.83. The lowest BCUT2D eigenvalue weighted by Gasteiger charge is -2.44. The van der Waals surface area contributed by atoms with Gasteiger partial charge in [-0.25, -0.2) is 13.2 Å². The average Bonchev–Trinajstić information content (AvgIpc) is 2.88. The van der Waals surface area contributed by atoms with Crippen LogP contribution in [0.2, 0.25) is 5.02 Å². The van der Waals surface area contributed by atoms with E-state index in [-0.39, 0.29) is 50.8 Å². The van der Waals surface area contributed by atoms with Crippen LogP contribution >= 0.6 is 11.6 Å². The maximum atomic E-state index is 13.3. The van der Waals surface area contributed by atoms with Crippen LogP contribution < -0.4 is 4.74 Å². The molecule has 11 nitrogen and oxygen atoms in total. The molecule has 1 aromatic rings. The number of fused-ring (bicyclic) bond motifs is 1. The number of hydrogen-bond acceptors (Lipinski definition) is 8. The maximum Gasteiger partial charge on any atom is 0.410 e. The van der Waals surface area contributed by atoms with Crippen molar-refractivity contribution in [2.45, 2.75) is 39.2 Å². The zero-order valence-corrected chi connectivity index (χ0v) is 24.1. The number of amides is 2. The largest absolute Gasteiger partial charge is 0.487 e. The maximum absolute atomic E-state index is 13.3. The summed E-state index contributed by atoms with van der Waals surface area (Å²) in [6.45, 7) is 5.64. The van der Waals surface area contributed by atoms with Gasteiger partial charge in [0.15, 0.2) is 0 Å². The fraction of sp³-hybridized carbons (Fsp3) is 0.577. The molecule has 4 rings (SSSR count). The van der Waals surface area contributed by atoms with E-state index in [0.717, 1.165) is 4.31 Å². The van der Waals surface area contributed by atoms with Gasteiger partial charge in [0.25, 0.3) is 0 Å². The number of likely N-dealkylation sites (tertiary alicyclic amines) is 1. The second-order valence-corrected chi connectivity index (χ2v) is 13.4. The average molecular weight is 584 g/mol. The van der Waals surface area contributed by atoms with Crippen LogP contribution in [0, 0.1) is 5.41 Å². The van der Waals surface area contributed by atoms with E-state index < -0.39 is 39.0 Å². The standard InChI is InChI=1S/C26H34ClN3O8S/c1-25(2,3)38-24(33)28-9-7-26(8-10-28,23(32)36-4)17-29-11-12-30(15-22(29)31)39(34,35)20-13-18-5-6-19(27)14-21(18)37-16-20/h5-6,13-14H,7-12,15-17H2,1-4H3. The molecule has 0 aromatic heterocycles. The number of sulfonamides is 1. The Balaban J connectivity index is 1.42. The molecule has 0 spiro atoms. The molecular formula is C26H34ClN3O8S. The molecule has 13 heteroatoms. The number of esters is 1. The number of carbonyl (C=O) groups excluding carboxylic acids is 3. The molecule has 0 atom stereocenters. The van der Waals surface area contributed by atoms with Crippen molar-refractivity contribution in [1.82, 2.24) is 14.1 Å². The Morgan fingerprint density at radius 1 is 1.13 bits per heavy atom. The fourth-order valence-corrected chi connectivity index (χ4v) is 6.52. The number of benzene rings is 1. The SMILES string of the molecule is COC(=O)C1(CN2CCN(S(=O)(=O)C3=Cc4ccc(Cl)cc4OC3)CC2=O)CCN(C(=O)OC(C)(C)C)CC1. The topological polar surface area (TPSA) is 123 Å². The van der Waals surface area contributed by atoms with Crippen molar-refractivity contribution < 1.29 is 37.0 Å². The molecule has 1 aromatic carbocycles. The number of hydrogen-bond donors (Lipinski definition) is 0. The second-order valence-electron chi connectivity index (χ2n) is 11.0. The lowest BCUT2D eigenvalue weighted by Crippen LogP contribution is -2.58. The van der Waals surface area contributed by atoms with Crippen molar-refractivity contribution in [2.75, 3.05) is 53.0 Å². The summed E-state index contributed by atoms with van der Waals surface area (Å²) in [6.07, 6.45) is 1.66. The molecule has 3 heterocycles. The summed E-state index contributed by atoms with van der Waals surface area (Å²) in [6, 6.07) is 4.94. The molecule has 0 unspecified atom stereocenters.